The number of hydrogen-bond donors (Lipinski definition) is 1. The minimum atomic E-state index is 0.295. The van der Waals surface area contributed by atoms with E-state index in [1.165, 1.54) is 22.5 Å². The SMILES string of the molecule is CC1(C)CCCNC1c1nc2cc(Br)ccc2s1. The molecule has 2 heterocycles. The van der Waals surface area contributed by atoms with Crippen LogP contribution in [-0.4, -0.2) is 11.5 Å². The van der Waals surface area contributed by atoms with Crippen molar-refractivity contribution in [1.82, 2.24) is 10.3 Å². The van der Waals surface area contributed by atoms with Crippen LogP contribution in [0.25, 0.3) is 10.2 Å². The number of benzene rings is 1. The lowest BCUT2D eigenvalue weighted by molar-refractivity contribution is 0.181. The van der Waals surface area contributed by atoms with Gasteiger partial charge in [-0.1, -0.05) is 29.8 Å². The van der Waals surface area contributed by atoms with E-state index in [0.717, 1.165) is 16.5 Å². The number of nitrogens with one attached hydrogen (secondary N) is 1. The fourth-order valence-corrected chi connectivity index (χ4v) is 4.26. The van der Waals surface area contributed by atoms with Crippen LogP contribution in [-0.2, 0) is 0 Å². The zero-order valence-electron chi connectivity index (χ0n) is 10.7. The van der Waals surface area contributed by atoms with E-state index in [4.69, 9.17) is 4.98 Å². The zero-order chi connectivity index (χ0) is 12.8. The maximum Gasteiger partial charge on any atom is 0.111 e. The molecule has 1 aromatic heterocycles. The molecule has 1 fully saturated rings. The van der Waals surface area contributed by atoms with Gasteiger partial charge >= 0.3 is 0 Å². The summed E-state index contributed by atoms with van der Waals surface area (Å²) in [4.78, 5) is 4.82. The van der Waals surface area contributed by atoms with Gasteiger partial charge in [0, 0.05) is 4.47 Å². The minimum absolute atomic E-state index is 0.295. The first kappa shape index (κ1) is 12.6. The van der Waals surface area contributed by atoms with E-state index >= 15 is 0 Å². The maximum atomic E-state index is 4.82. The van der Waals surface area contributed by atoms with Gasteiger partial charge in [0.2, 0.25) is 0 Å². The molecule has 96 valence electrons. The second-order valence-electron chi connectivity index (χ2n) is 5.64. The lowest BCUT2D eigenvalue weighted by atomic mass is 9.78. The summed E-state index contributed by atoms with van der Waals surface area (Å²) in [7, 11) is 0. The molecule has 1 aliphatic rings. The van der Waals surface area contributed by atoms with Crippen molar-refractivity contribution in [1.29, 1.82) is 0 Å². The molecule has 0 aliphatic carbocycles. The van der Waals surface area contributed by atoms with E-state index in [0.29, 0.717) is 11.5 Å². The fraction of sp³-hybridized carbons (Fsp3) is 0.500. The van der Waals surface area contributed by atoms with Crippen LogP contribution < -0.4 is 5.32 Å². The largest absolute Gasteiger partial charge is 0.307 e. The van der Waals surface area contributed by atoms with Crippen LogP contribution in [0.2, 0.25) is 0 Å². The number of fused-ring (bicyclic) bond motifs is 1. The van der Waals surface area contributed by atoms with E-state index in [2.05, 4.69) is 53.3 Å². The van der Waals surface area contributed by atoms with Crippen LogP contribution in [0.1, 0.15) is 37.7 Å². The predicted molar refractivity (Wildman–Crippen MR) is 81.1 cm³/mol. The molecule has 2 nitrogen and oxygen atoms in total. The van der Waals surface area contributed by atoms with E-state index in [-0.39, 0.29) is 0 Å². The quantitative estimate of drug-likeness (QED) is 0.834. The van der Waals surface area contributed by atoms with E-state index in [9.17, 15) is 0 Å². The summed E-state index contributed by atoms with van der Waals surface area (Å²) in [5, 5.41) is 4.87. The van der Waals surface area contributed by atoms with Crippen molar-refractivity contribution in [2.45, 2.75) is 32.7 Å². The second-order valence-corrected chi connectivity index (χ2v) is 7.62. The first-order valence-corrected chi connectivity index (χ1v) is 7.97. The molecule has 0 radical (unpaired) electrons. The Bertz CT molecular complexity index is 576. The van der Waals surface area contributed by atoms with Gasteiger partial charge in [-0.2, -0.15) is 0 Å². The van der Waals surface area contributed by atoms with Crippen LogP contribution >= 0.6 is 27.3 Å². The molecule has 0 bridgehead atoms. The van der Waals surface area contributed by atoms with Crippen LogP contribution in [0, 0.1) is 5.41 Å². The molecular formula is C14H17BrN2S. The van der Waals surface area contributed by atoms with Gasteiger partial charge in [0.05, 0.1) is 16.3 Å². The average Bonchev–Trinajstić information content (AvgIpc) is 2.70. The number of thiazole rings is 1. The van der Waals surface area contributed by atoms with Crippen molar-refractivity contribution >= 4 is 37.5 Å². The van der Waals surface area contributed by atoms with Crippen molar-refractivity contribution in [3.8, 4) is 0 Å². The summed E-state index contributed by atoms with van der Waals surface area (Å²) in [6.45, 7) is 5.78. The van der Waals surface area contributed by atoms with Gasteiger partial charge in [0.15, 0.2) is 0 Å². The molecule has 1 unspecified atom stereocenters. The predicted octanol–water partition coefficient (Wildman–Crippen LogP) is 4.51. The highest BCUT2D eigenvalue weighted by atomic mass is 79.9. The Labute approximate surface area is 120 Å². The molecule has 2 aromatic rings. The third-order valence-electron chi connectivity index (χ3n) is 3.74. The number of rotatable bonds is 1. The molecule has 4 heteroatoms. The molecule has 0 amide bonds. The Morgan fingerprint density at radius 3 is 3.06 bits per heavy atom. The summed E-state index contributed by atoms with van der Waals surface area (Å²) in [5.74, 6) is 0. The van der Waals surface area contributed by atoms with Crippen molar-refractivity contribution in [2.75, 3.05) is 6.54 Å². The van der Waals surface area contributed by atoms with Gasteiger partial charge < -0.3 is 5.32 Å². The topological polar surface area (TPSA) is 24.9 Å². The zero-order valence-corrected chi connectivity index (χ0v) is 13.1. The Morgan fingerprint density at radius 2 is 2.28 bits per heavy atom. The van der Waals surface area contributed by atoms with Crippen molar-refractivity contribution in [2.24, 2.45) is 5.41 Å². The molecule has 0 spiro atoms. The minimum Gasteiger partial charge on any atom is -0.307 e. The third kappa shape index (κ3) is 2.22. The molecule has 1 aliphatic heterocycles. The molecule has 18 heavy (non-hydrogen) atoms. The number of nitrogens with zero attached hydrogens (tertiary/aromatic N) is 1. The number of hydrogen-bond acceptors (Lipinski definition) is 3. The van der Waals surface area contributed by atoms with Gasteiger partial charge in [-0.3, -0.25) is 0 Å². The maximum absolute atomic E-state index is 4.82. The first-order chi connectivity index (χ1) is 8.56. The van der Waals surface area contributed by atoms with E-state index in [1.54, 1.807) is 0 Å². The first-order valence-electron chi connectivity index (χ1n) is 6.36. The highest BCUT2D eigenvalue weighted by Crippen LogP contribution is 2.42. The summed E-state index contributed by atoms with van der Waals surface area (Å²) in [6.07, 6.45) is 2.53. The lowest BCUT2D eigenvalue weighted by Gasteiger charge is -2.38. The van der Waals surface area contributed by atoms with Gasteiger partial charge in [-0.25, -0.2) is 4.98 Å². The Balaban J connectivity index is 2.03. The smallest absolute Gasteiger partial charge is 0.111 e. The monoisotopic (exact) mass is 324 g/mol. The fourth-order valence-electron chi connectivity index (χ4n) is 2.67. The molecular weight excluding hydrogens is 308 g/mol. The molecule has 0 saturated carbocycles. The average molecular weight is 325 g/mol. The van der Waals surface area contributed by atoms with Gasteiger partial charge in [0.1, 0.15) is 5.01 Å². The highest BCUT2D eigenvalue weighted by Gasteiger charge is 2.35. The van der Waals surface area contributed by atoms with Crippen molar-refractivity contribution < 1.29 is 0 Å². The van der Waals surface area contributed by atoms with Crippen molar-refractivity contribution in [3.05, 3.63) is 27.7 Å². The molecule has 1 aromatic carbocycles. The van der Waals surface area contributed by atoms with Crippen LogP contribution in [0.5, 0.6) is 0 Å². The standard InChI is InChI=1S/C14H17BrN2S/c1-14(2)6-3-7-16-12(14)13-17-10-8-9(15)4-5-11(10)18-13/h4-5,8,12,16H,3,6-7H2,1-2H3. The molecule has 1 N–H and O–H groups in total. The van der Waals surface area contributed by atoms with Crippen LogP contribution in [0.3, 0.4) is 0 Å². The van der Waals surface area contributed by atoms with E-state index in [1.807, 2.05) is 11.3 Å². The van der Waals surface area contributed by atoms with Crippen LogP contribution in [0.15, 0.2) is 22.7 Å². The Kier molecular flexibility index (Phi) is 3.20. The molecule has 1 atom stereocenters. The lowest BCUT2D eigenvalue weighted by Crippen LogP contribution is -2.39. The third-order valence-corrected chi connectivity index (χ3v) is 5.34. The Morgan fingerprint density at radius 1 is 1.44 bits per heavy atom. The Hall–Kier alpha value is -0.450. The number of piperidine rings is 1. The van der Waals surface area contributed by atoms with Crippen LogP contribution in [0.4, 0.5) is 0 Å². The summed E-state index contributed by atoms with van der Waals surface area (Å²) >= 11 is 5.33. The van der Waals surface area contributed by atoms with E-state index < -0.39 is 0 Å². The van der Waals surface area contributed by atoms with Gasteiger partial charge in [0.25, 0.3) is 0 Å². The highest BCUT2D eigenvalue weighted by molar-refractivity contribution is 9.10. The number of aromatic nitrogens is 1. The molecule has 1 saturated heterocycles. The number of halogens is 1. The summed E-state index contributed by atoms with van der Waals surface area (Å²) in [6, 6.07) is 6.73. The van der Waals surface area contributed by atoms with Gasteiger partial charge in [-0.05, 0) is 43.0 Å². The van der Waals surface area contributed by atoms with Gasteiger partial charge in [-0.15, -0.1) is 11.3 Å². The molecule has 3 rings (SSSR count). The summed E-state index contributed by atoms with van der Waals surface area (Å²) in [5.41, 5.74) is 1.40. The van der Waals surface area contributed by atoms with Crippen molar-refractivity contribution in [3.63, 3.8) is 0 Å². The normalized spacial score (nSPS) is 23.4. The second kappa shape index (κ2) is 4.58. The summed E-state index contributed by atoms with van der Waals surface area (Å²) < 4.78 is 2.37.